The predicted octanol–water partition coefficient (Wildman–Crippen LogP) is 1.66. The van der Waals surface area contributed by atoms with E-state index in [1.807, 2.05) is 0 Å². The van der Waals surface area contributed by atoms with E-state index in [2.05, 4.69) is 20.2 Å². The molecule has 8 nitrogen and oxygen atoms in total. The molecule has 1 aromatic heterocycles. The van der Waals surface area contributed by atoms with E-state index in [1.165, 1.54) is 6.42 Å². The molecule has 2 N–H and O–H groups in total. The predicted molar refractivity (Wildman–Crippen MR) is 97.8 cm³/mol. The number of morpholine rings is 1. The summed E-state index contributed by atoms with van der Waals surface area (Å²) in [5.74, 6) is 0.278. The summed E-state index contributed by atoms with van der Waals surface area (Å²) in [6.07, 6.45) is 5.14. The molecule has 0 bridgehead atoms. The number of nitrogens with one attached hydrogen (secondary N) is 1. The van der Waals surface area contributed by atoms with E-state index in [9.17, 15) is 9.90 Å². The zero-order chi connectivity index (χ0) is 18.6. The van der Waals surface area contributed by atoms with Crippen LogP contribution in [0.5, 0.6) is 0 Å². The summed E-state index contributed by atoms with van der Waals surface area (Å²) in [7, 11) is 0. The Balaban J connectivity index is 1.82. The van der Waals surface area contributed by atoms with Gasteiger partial charge in [-0.1, -0.05) is 0 Å². The molecule has 2 fully saturated rings. The van der Waals surface area contributed by atoms with Crippen LogP contribution in [0.15, 0.2) is 6.20 Å². The minimum atomic E-state index is -1.07. The Morgan fingerprint density at radius 1 is 1.35 bits per heavy atom. The summed E-state index contributed by atoms with van der Waals surface area (Å²) >= 11 is 0. The normalized spacial score (nSPS) is 21.5. The number of carboxylic acid groups (broad SMARTS) is 1. The van der Waals surface area contributed by atoms with Crippen LogP contribution in [0, 0.1) is 0 Å². The summed E-state index contributed by atoms with van der Waals surface area (Å²) in [5.41, 5.74) is -0.454. The minimum Gasteiger partial charge on any atom is -0.481 e. The molecule has 0 radical (unpaired) electrons. The van der Waals surface area contributed by atoms with E-state index in [0.29, 0.717) is 50.2 Å². The lowest BCUT2D eigenvalue weighted by Gasteiger charge is -2.32. The third-order valence-corrected chi connectivity index (χ3v) is 5.05. The highest BCUT2D eigenvalue weighted by Crippen LogP contribution is 2.32. The topological polar surface area (TPSA) is 96.8 Å². The van der Waals surface area contributed by atoms with Gasteiger partial charge in [-0.05, 0) is 33.1 Å². The first-order valence-electron chi connectivity index (χ1n) is 9.27. The molecule has 8 heteroatoms. The number of nitrogens with zero attached hydrogens (tertiary/aromatic N) is 3. The number of aromatic nitrogens is 2. The Hall–Kier alpha value is -1.93. The highest BCUT2D eigenvalue weighted by Gasteiger charge is 2.35. The van der Waals surface area contributed by atoms with E-state index < -0.39 is 11.4 Å². The first-order valence-corrected chi connectivity index (χ1v) is 9.27. The van der Waals surface area contributed by atoms with Crippen LogP contribution in [-0.4, -0.2) is 66.6 Å². The van der Waals surface area contributed by atoms with Gasteiger partial charge in [-0.15, -0.1) is 0 Å². The van der Waals surface area contributed by atoms with E-state index in [4.69, 9.17) is 9.47 Å². The fraction of sp³-hybridized carbons (Fsp3) is 0.722. The Bertz CT molecular complexity index is 626. The van der Waals surface area contributed by atoms with E-state index in [0.717, 1.165) is 19.4 Å². The first kappa shape index (κ1) is 18.8. The first-order chi connectivity index (χ1) is 12.5. The monoisotopic (exact) mass is 364 g/mol. The van der Waals surface area contributed by atoms with Crippen molar-refractivity contribution in [3.05, 3.63) is 11.8 Å². The average molecular weight is 364 g/mol. The van der Waals surface area contributed by atoms with Gasteiger partial charge in [-0.25, -0.2) is 4.98 Å². The van der Waals surface area contributed by atoms with Crippen molar-refractivity contribution < 1.29 is 19.4 Å². The molecule has 1 aromatic rings. The van der Waals surface area contributed by atoms with Gasteiger partial charge in [0.05, 0.1) is 24.7 Å². The van der Waals surface area contributed by atoms with Gasteiger partial charge in [0.2, 0.25) is 5.95 Å². The third-order valence-electron chi connectivity index (χ3n) is 5.05. The van der Waals surface area contributed by atoms with Crippen molar-refractivity contribution in [3.63, 3.8) is 0 Å². The Morgan fingerprint density at radius 3 is 2.77 bits per heavy atom. The standard InChI is InChI=1S/C18H28N4O4/c1-18(2,16(23)24)14-12-20-17(19-11-13-5-3-4-8-26-13)21-15(14)22-6-9-25-10-7-22/h12-13H,3-11H2,1-2H3,(H,23,24)(H,19,20,21). The van der Waals surface area contributed by atoms with Gasteiger partial charge >= 0.3 is 5.97 Å². The average Bonchev–Trinajstić information content (AvgIpc) is 2.67. The number of ether oxygens (including phenoxy) is 2. The fourth-order valence-electron chi connectivity index (χ4n) is 3.20. The molecule has 1 unspecified atom stereocenters. The van der Waals surface area contributed by atoms with Gasteiger partial charge in [0.25, 0.3) is 0 Å². The molecular formula is C18H28N4O4. The molecule has 2 aliphatic heterocycles. The molecule has 0 amide bonds. The van der Waals surface area contributed by atoms with Crippen molar-refractivity contribution in [1.82, 2.24) is 9.97 Å². The van der Waals surface area contributed by atoms with Crippen LogP contribution in [0.2, 0.25) is 0 Å². The maximum absolute atomic E-state index is 11.7. The highest BCUT2D eigenvalue weighted by atomic mass is 16.5. The molecule has 0 aromatic carbocycles. The van der Waals surface area contributed by atoms with Gasteiger partial charge in [0.15, 0.2) is 0 Å². The second-order valence-corrected chi connectivity index (χ2v) is 7.33. The van der Waals surface area contributed by atoms with E-state index in [-0.39, 0.29) is 6.10 Å². The van der Waals surface area contributed by atoms with Crippen molar-refractivity contribution in [3.8, 4) is 0 Å². The van der Waals surface area contributed by atoms with Crippen LogP contribution in [0.25, 0.3) is 0 Å². The van der Waals surface area contributed by atoms with Gasteiger partial charge in [-0.3, -0.25) is 4.79 Å². The Labute approximate surface area is 153 Å². The van der Waals surface area contributed by atoms with Crippen LogP contribution in [0.3, 0.4) is 0 Å². The summed E-state index contributed by atoms with van der Waals surface area (Å²) < 4.78 is 11.2. The number of hydrogen-bond acceptors (Lipinski definition) is 7. The summed E-state index contributed by atoms with van der Waals surface area (Å²) in [6, 6.07) is 0. The van der Waals surface area contributed by atoms with Crippen molar-refractivity contribution in [2.45, 2.75) is 44.6 Å². The quantitative estimate of drug-likeness (QED) is 0.787. The zero-order valence-corrected chi connectivity index (χ0v) is 15.5. The van der Waals surface area contributed by atoms with Crippen LogP contribution < -0.4 is 10.2 Å². The van der Waals surface area contributed by atoms with Crippen molar-refractivity contribution in [2.75, 3.05) is 49.7 Å². The summed E-state index contributed by atoms with van der Waals surface area (Å²) in [5, 5.41) is 12.9. The zero-order valence-electron chi connectivity index (χ0n) is 15.5. The Kier molecular flexibility index (Phi) is 5.93. The molecule has 3 rings (SSSR count). The summed E-state index contributed by atoms with van der Waals surface area (Å²) in [6.45, 7) is 7.41. The number of anilines is 2. The molecule has 26 heavy (non-hydrogen) atoms. The SMILES string of the molecule is CC(C)(C(=O)O)c1cnc(NCC2CCCCO2)nc1N1CCOCC1. The lowest BCUT2D eigenvalue weighted by Crippen LogP contribution is -2.40. The molecule has 3 heterocycles. The molecule has 144 valence electrons. The van der Waals surface area contributed by atoms with Crippen molar-refractivity contribution in [1.29, 1.82) is 0 Å². The number of hydrogen-bond donors (Lipinski definition) is 2. The molecule has 0 saturated carbocycles. The molecular weight excluding hydrogens is 336 g/mol. The molecule has 0 aliphatic carbocycles. The van der Waals surface area contributed by atoms with E-state index >= 15 is 0 Å². The molecule has 2 saturated heterocycles. The van der Waals surface area contributed by atoms with Gasteiger partial charge in [0.1, 0.15) is 5.82 Å². The second kappa shape index (κ2) is 8.18. The minimum absolute atomic E-state index is 0.175. The van der Waals surface area contributed by atoms with Crippen LogP contribution in [-0.2, 0) is 19.7 Å². The van der Waals surface area contributed by atoms with Gasteiger partial charge in [0, 0.05) is 38.0 Å². The van der Waals surface area contributed by atoms with Crippen molar-refractivity contribution in [2.24, 2.45) is 0 Å². The fourth-order valence-corrected chi connectivity index (χ4v) is 3.20. The van der Waals surface area contributed by atoms with E-state index in [1.54, 1.807) is 20.0 Å². The summed E-state index contributed by atoms with van der Waals surface area (Å²) in [4.78, 5) is 22.8. The van der Waals surface area contributed by atoms with Crippen LogP contribution >= 0.6 is 0 Å². The molecule has 1 atom stereocenters. The number of rotatable bonds is 6. The van der Waals surface area contributed by atoms with Crippen molar-refractivity contribution >= 4 is 17.7 Å². The number of aliphatic carboxylic acids is 1. The maximum atomic E-state index is 11.7. The lowest BCUT2D eigenvalue weighted by molar-refractivity contribution is -0.142. The number of carboxylic acids is 1. The second-order valence-electron chi connectivity index (χ2n) is 7.33. The van der Waals surface area contributed by atoms with Gasteiger partial charge < -0.3 is 24.8 Å². The molecule has 2 aliphatic rings. The van der Waals surface area contributed by atoms with Crippen LogP contribution in [0.4, 0.5) is 11.8 Å². The maximum Gasteiger partial charge on any atom is 0.313 e. The molecule has 0 spiro atoms. The Morgan fingerprint density at radius 2 is 2.12 bits per heavy atom. The van der Waals surface area contributed by atoms with Crippen LogP contribution in [0.1, 0.15) is 38.7 Å². The number of carbonyl (C=O) groups is 1. The highest BCUT2D eigenvalue weighted by molar-refractivity contribution is 5.82. The lowest BCUT2D eigenvalue weighted by atomic mass is 9.85. The smallest absolute Gasteiger partial charge is 0.313 e. The largest absolute Gasteiger partial charge is 0.481 e. The van der Waals surface area contributed by atoms with Gasteiger partial charge in [-0.2, -0.15) is 4.98 Å². The third kappa shape index (κ3) is 4.24.